The Morgan fingerprint density at radius 1 is 1.00 bits per heavy atom. The van der Waals surface area contributed by atoms with E-state index in [0.717, 1.165) is 6.42 Å². The van der Waals surface area contributed by atoms with Gasteiger partial charge in [-0.3, -0.25) is 4.79 Å². The Morgan fingerprint density at radius 3 is 2.24 bits per heavy atom. The van der Waals surface area contributed by atoms with Crippen molar-refractivity contribution in [3.63, 3.8) is 0 Å². The third kappa shape index (κ3) is 4.89. The summed E-state index contributed by atoms with van der Waals surface area (Å²) in [7, 11) is 3.13. The minimum Gasteiger partial charge on any atom is -0.497 e. The van der Waals surface area contributed by atoms with Crippen LogP contribution in [0, 0.1) is 0 Å². The number of rotatable bonds is 8. The fourth-order valence-electron chi connectivity index (χ4n) is 2.42. The standard InChI is InChI=1S/C20H25NO4/c1-5-14-7-9-15(10-8-14)25-18(6-2)20(22)21-17-13-16(23-3)11-12-19(17)24-4/h7-13,18H,5-6H2,1-4H3,(H,21,22). The number of carbonyl (C=O) groups is 1. The smallest absolute Gasteiger partial charge is 0.265 e. The van der Waals surface area contributed by atoms with Gasteiger partial charge in [0.1, 0.15) is 17.2 Å². The number of methoxy groups -OCH3 is 2. The predicted octanol–water partition coefficient (Wildman–Crippen LogP) is 4.06. The second kappa shape index (κ2) is 8.97. The molecule has 0 saturated heterocycles. The summed E-state index contributed by atoms with van der Waals surface area (Å²) in [6.07, 6.45) is 0.921. The molecule has 0 bridgehead atoms. The molecule has 1 N–H and O–H groups in total. The summed E-state index contributed by atoms with van der Waals surface area (Å²) >= 11 is 0. The number of anilines is 1. The molecule has 0 radical (unpaired) electrons. The van der Waals surface area contributed by atoms with Crippen molar-refractivity contribution < 1.29 is 19.0 Å². The molecule has 0 aliphatic carbocycles. The van der Waals surface area contributed by atoms with E-state index in [1.54, 1.807) is 32.4 Å². The SMILES string of the molecule is CCc1ccc(OC(CC)C(=O)Nc2cc(OC)ccc2OC)cc1. The topological polar surface area (TPSA) is 56.8 Å². The summed E-state index contributed by atoms with van der Waals surface area (Å²) in [5, 5.41) is 2.86. The molecule has 5 nitrogen and oxygen atoms in total. The maximum Gasteiger partial charge on any atom is 0.265 e. The van der Waals surface area contributed by atoms with Gasteiger partial charge in [0.25, 0.3) is 5.91 Å². The van der Waals surface area contributed by atoms with Gasteiger partial charge in [-0.2, -0.15) is 0 Å². The Balaban J connectivity index is 2.11. The van der Waals surface area contributed by atoms with E-state index in [0.29, 0.717) is 29.4 Å². The first kappa shape index (κ1) is 18.6. The van der Waals surface area contributed by atoms with Crippen LogP contribution in [0.4, 0.5) is 5.69 Å². The fraction of sp³-hybridized carbons (Fsp3) is 0.350. The van der Waals surface area contributed by atoms with Crippen LogP contribution >= 0.6 is 0 Å². The molecule has 0 saturated carbocycles. The molecule has 0 fully saturated rings. The van der Waals surface area contributed by atoms with Crippen LogP contribution in [0.15, 0.2) is 42.5 Å². The van der Waals surface area contributed by atoms with Gasteiger partial charge in [-0.15, -0.1) is 0 Å². The Morgan fingerprint density at radius 2 is 1.68 bits per heavy atom. The zero-order valence-electron chi connectivity index (χ0n) is 15.2. The zero-order valence-corrected chi connectivity index (χ0v) is 15.2. The van der Waals surface area contributed by atoms with Crippen molar-refractivity contribution in [3.8, 4) is 17.2 Å². The Labute approximate surface area is 148 Å². The number of hydrogen-bond acceptors (Lipinski definition) is 4. The number of aryl methyl sites for hydroxylation is 1. The zero-order chi connectivity index (χ0) is 18.2. The Kier molecular flexibility index (Phi) is 6.69. The normalized spacial score (nSPS) is 11.5. The van der Waals surface area contributed by atoms with Gasteiger partial charge in [-0.1, -0.05) is 26.0 Å². The van der Waals surface area contributed by atoms with Gasteiger partial charge < -0.3 is 19.5 Å². The van der Waals surface area contributed by atoms with Gasteiger partial charge in [0.05, 0.1) is 19.9 Å². The number of carbonyl (C=O) groups excluding carboxylic acids is 1. The number of ether oxygens (including phenoxy) is 3. The molecule has 25 heavy (non-hydrogen) atoms. The number of benzene rings is 2. The summed E-state index contributed by atoms with van der Waals surface area (Å²) in [6.45, 7) is 4.01. The maximum atomic E-state index is 12.6. The summed E-state index contributed by atoms with van der Waals surface area (Å²) in [4.78, 5) is 12.6. The fourth-order valence-corrected chi connectivity index (χ4v) is 2.42. The van der Waals surface area contributed by atoms with Crippen molar-refractivity contribution in [2.75, 3.05) is 19.5 Å². The van der Waals surface area contributed by atoms with Crippen LogP contribution in [0.3, 0.4) is 0 Å². The van der Waals surface area contributed by atoms with Crippen molar-refractivity contribution >= 4 is 11.6 Å². The predicted molar refractivity (Wildman–Crippen MR) is 98.7 cm³/mol. The second-order valence-electron chi connectivity index (χ2n) is 5.57. The molecule has 5 heteroatoms. The molecular formula is C20H25NO4. The van der Waals surface area contributed by atoms with Gasteiger partial charge in [0.2, 0.25) is 0 Å². The molecule has 1 atom stereocenters. The molecule has 1 unspecified atom stereocenters. The third-order valence-corrected chi connectivity index (χ3v) is 3.94. The lowest BCUT2D eigenvalue weighted by molar-refractivity contribution is -0.122. The molecule has 2 rings (SSSR count). The molecule has 2 aromatic rings. The van der Waals surface area contributed by atoms with E-state index in [9.17, 15) is 4.79 Å². The average Bonchev–Trinajstić information content (AvgIpc) is 2.66. The quantitative estimate of drug-likeness (QED) is 0.785. The molecule has 0 spiro atoms. The Bertz CT molecular complexity index is 697. The lowest BCUT2D eigenvalue weighted by atomic mass is 10.1. The summed E-state index contributed by atoms with van der Waals surface area (Å²) in [6, 6.07) is 13.0. The highest BCUT2D eigenvalue weighted by Gasteiger charge is 2.20. The highest BCUT2D eigenvalue weighted by atomic mass is 16.5. The van der Waals surface area contributed by atoms with E-state index in [2.05, 4.69) is 12.2 Å². The van der Waals surface area contributed by atoms with E-state index < -0.39 is 6.10 Å². The number of nitrogens with one attached hydrogen (secondary N) is 1. The highest BCUT2D eigenvalue weighted by Crippen LogP contribution is 2.29. The first-order valence-electron chi connectivity index (χ1n) is 8.39. The summed E-state index contributed by atoms with van der Waals surface area (Å²) in [5.41, 5.74) is 1.78. The van der Waals surface area contributed by atoms with Gasteiger partial charge in [0, 0.05) is 6.07 Å². The minimum absolute atomic E-state index is 0.228. The van der Waals surface area contributed by atoms with Crippen LogP contribution in [0.2, 0.25) is 0 Å². The van der Waals surface area contributed by atoms with Crippen LogP contribution in [-0.2, 0) is 11.2 Å². The molecule has 0 aromatic heterocycles. The van der Waals surface area contributed by atoms with E-state index in [1.165, 1.54) is 5.56 Å². The summed E-state index contributed by atoms with van der Waals surface area (Å²) < 4.78 is 16.3. The van der Waals surface area contributed by atoms with Gasteiger partial charge >= 0.3 is 0 Å². The van der Waals surface area contributed by atoms with Crippen molar-refractivity contribution in [1.82, 2.24) is 0 Å². The molecular weight excluding hydrogens is 318 g/mol. The van der Waals surface area contributed by atoms with E-state index >= 15 is 0 Å². The van der Waals surface area contributed by atoms with Crippen LogP contribution in [-0.4, -0.2) is 26.2 Å². The first-order valence-corrected chi connectivity index (χ1v) is 8.39. The Hall–Kier alpha value is -2.69. The molecule has 2 aromatic carbocycles. The lowest BCUT2D eigenvalue weighted by Crippen LogP contribution is -2.32. The summed E-state index contributed by atoms with van der Waals surface area (Å²) in [5.74, 6) is 1.65. The van der Waals surface area contributed by atoms with Crippen LogP contribution in [0.1, 0.15) is 25.8 Å². The maximum absolute atomic E-state index is 12.6. The van der Waals surface area contributed by atoms with Gasteiger partial charge in [0.15, 0.2) is 6.10 Å². The largest absolute Gasteiger partial charge is 0.497 e. The average molecular weight is 343 g/mol. The van der Waals surface area contributed by atoms with Gasteiger partial charge in [-0.05, 0) is 42.7 Å². The third-order valence-electron chi connectivity index (χ3n) is 3.94. The van der Waals surface area contributed by atoms with E-state index in [4.69, 9.17) is 14.2 Å². The molecule has 0 heterocycles. The van der Waals surface area contributed by atoms with Gasteiger partial charge in [-0.25, -0.2) is 0 Å². The van der Waals surface area contributed by atoms with Crippen molar-refractivity contribution in [2.45, 2.75) is 32.8 Å². The first-order chi connectivity index (χ1) is 12.1. The molecule has 0 aliphatic rings. The van der Waals surface area contributed by atoms with Crippen LogP contribution < -0.4 is 19.5 Å². The lowest BCUT2D eigenvalue weighted by Gasteiger charge is -2.19. The second-order valence-corrected chi connectivity index (χ2v) is 5.57. The highest BCUT2D eigenvalue weighted by molar-refractivity contribution is 5.95. The molecule has 1 amide bonds. The number of amides is 1. The minimum atomic E-state index is -0.594. The van der Waals surface area contributed by atoms with Crippen molar-refractivity contribution in [2.24, 2.45) is 0 Å². The molecule has 0 aliphatic heterocycles. The monoisotopic (exact) mass is 343 g/mol. The van der Waals surface area contributed by atoms with E-state index in [1.807, 2.05) is 31.2 Å². The van der Waals surface area contributed by atoms with Crippen LogP contribution in [0.25, 0.3) is 0 Å². The van der Waals surface area contributed by atoms with E-state index in [-0.39, 0.29) is 5.91 Å². The van der Waals surface area contributed by atoms with Crippen molar-refractivity contribution in [1.29, 1.82) is 0 Å². The van der Waals surface area contributed by atoms with Crippen LogP contribution in [0.5, 0.6) is 17.2 Å². The number of hydrogen-bond donors (Lipinski definition) is 1. The van der Waals surface area contributed by atoms with Crippen molar-refractivity contribution in [3.05, 3.63) is 48.0 Å². The molecule has 134 valence electrons.